The fourth-order valence-corrected chi connectivity index (χ4v) is 3.31. The van der Waals surface area contributed by atoms with E-state index >= 15 is 0 Å². The van der Waals surface area contributed by atoms with Crippen LogP contribution >= 0.6 is 0 Å². The van der Waals surface area contributed by atoms with E-state index in [2.05, 4.69) is 6.92 Å². The highest BCUT2D eigenvalue weighted by Crippen LogP contribution is 2.43. The molecule has 1 aliphatic carbocycles. The molecule has 1 N–H and O–H groups in total. The van der Waals surface area contributed by atoms with Crippen molar-refractivity contribution in [3.8, 4) is 0 Å². The molecule has 0 radical (unpaired) electrons. The van der Waals surface area contributed by atoms with Crippen LogP contribution in [0.5, 0.6) is 0 Å². The van der Waals surface area contributed by atoms with Crippen molar-refractivity contribution in [2.45, 2.75) is 65.9 Å². The van der Waals surface area contributed by atoms with Gasteiger partial charge in [-0.1, -0.05) is 6.92 Å². The molecule has 19 heavy (non-hydrogen) atoms. The van der Waals surface area contributed by atoms with Crippen molar-refractivity contribution in [1.29, 1.82) is 0 Å². The maximum atomic E-state index is 14.7. The van der Waals surface area contributed by atoms with Gasteiger partial charge in [0.25, 0.3) is 0 Å². The van der Waals surface area contributed by atoms with E-state index < -0.39 is 5.60 Å². The minimum absolute atomic E-state index is 0.197. The summed E-state index contributed by atoms with van der Waals surface area (Å²) in [7, 11) is 0. The van der Waals surface area contributed by atoms with E-state index in [1.807, 2.05) is 27.7 Å². The van der Waals surface area contributed by atoms with Gasteiger partial charge in [0, 0.05) is 5.56 Å². The third kappa shape index (κ3) is 2.31. The third-order valence-corrected chi connectivity index (χ3v) is 5.18. The quantitative estimate of drug-likeness (QED) is 0.794. The van der Waals surface area contributed by atoms with Gasteiger partial charge >= 0.3 is 0 Å². The Labute approximate surface area is 115 Å². The Balaban J connectivity index is 2.57. The van der Waals surface area contributed by atoms with E-state index in [4.69, 9.17) is 0 Å². The lowest BCUT2D eigenvalue weighted by Gasteiger charge is -2.37. The number of benzene rings is 1. The molecule has 106 valence electrons. The Morgan fingerprint density at radius 1 is 0.947 bits per heavy atom. The van der Waals surface area contributed by atoms with Crippen LogP contribution in [0, 0.1) is 39.4 Å². The summed E-state index contributed by atoms with van der Waals surface area (Å²) in [5, 5.41) is 10.9. The smallest absolute Gasteiger partial charge is 0.132 e. The Morgan fingerprint density at radius 3 is 1.95 bits per heavy atom. The lowest BCUT2D eigenvalue weighted by molar-refractivity contribution is -0.0156. The molecule has 0 saturated heterocycles. The second kappa shape index (κ2) is 4.90. The molecule has 1 aromatic carbocycles. The fraction of sp³-hybridized carbons (Fsp3) is 0.647. The van der Waals surface area contributed by atoms with Gasteiger partial charge in [0.2, 0.25) is 0 Å². The molecular weight excluding hydrogens is 239 g/mol. The number of rotatable bonds is 1. The SMILES string of the molecule is Cc1c(C)c(C)c(C2(O)CCC(C)CC2)c(F)c1C. The predicted octanol–water partition coefficient (Wildman–Crippen LogP) is 4.46. The van der Waals surface area contributed by atoms with E-state index in [1.54, 1.807) is 0 Å². The van der Waals surface area contributed by atoms with E-state index in [0.717, 1.165) is 29.5 Å². The highest BCUT2D eigenvalue weighted by atomic mass is 19.1. The minimum atomic E-state index is -0.968. The van der Waals surface area contributed by atoms with Gasteiger partial charge in [-0.15, -0.1) is 0 Å². The zero-order valence-electron chi connectivity index (χ0n) is 12.7. The molecule has 2 rings (SSSR count). The van der Waals surface area contributed by atoms with E-state index in [9.17, 15) is 9.50 Å². The molecule has 2 heteroatoms. The van der Waals surface area contributed by atoms with Crippen LogP contribution in [0.15, 0.2) is 0 Å². The maximum absolute atomic E-state index is 14.7. The summed E-state index contributed by atoms with van der Waals surface area (Å²) in [5.74, 6) is 0.439. The molecule has 0 atom stereocenters. The standard InChI is InChI=1S/C17H25FO/c1-10-6-8-17(19,9-7-10)15-13(4)11(2)12(3)14(5)16(15)18/h10,19H,6-9H2,1-5H3. The van der Waals surface area contributed by atoms with E-state index in [-0.39, 0.29) is 5.82 Å². The maximum Gasteiger partial charge on any atom is 0.132 e. The molecule has 1 aromatic rings. The van der Waals surface area contributed by atoms with Crippen molar-refractivity contribution >= 4 is 0 Å². The monoisotopic (exact) mass is 264 g/mol. The summed E-state index contributed by atoms with van der Waals surface area (Å²) < 4.78 is 14.7. The van der Waals surface area contributed by atoms with Crippen LogP contribution in [0.1, 0.15) is 60.4 Å². The average molecular weight is 264 g/mol. The molecule has 0 heterocycles. The van der Waals surface area contributed by atoms with Gasteiger partial charge in [0.15, 0.2) is 0 Å². The Bertz CT molecular complexity index is 467. The van der Waals surface area contributed by atoms with E-state index in [1.165, 1.54) is 0 Å². The fourth-order valence-electron chi connectivity index (χ4n) is 3.31. The van der Waals surface area contributed by atoms with Crippen molar-refractivity contribution in [1.82, 2.24) is 0 Å². The number of hydrogen-bond donors (Lipinski definition) is 1. The third-order valence-electron chi connectivity index (χ3n) is 5.18. The summed E-state index contributed by atoms with van der Waals surface area (Å²) in [6.07, 6.45) is 3.30. The van der Waals surface area contributed by atoms with E-state index in [0.29, 0.717) is 29.9 Å². The van der Waals surface area contributed by atoms with Crippen LogP contribution in [0.2, 0.25) is 0 Å². The largest absolute Gasteiger partial charge is 0.385 e. The van der Waals surface area contributed by atoms with Crippen molar-refractivity contribution in [3.63, 3.8) is 0 Å². The Morgan fingerprint density at radius 2 is 1.42 bits per heavy atom. The zero-order valence-corrected chi connectivity index (χ0v) is 12.7. The molecule has 0 bridgehead atoms. The van der Waals surface area contributed by atoms with Crippen LogP contribution in [0.3, 0.4) is 0 Å². The van der Waals surface area contributed by atoms with Crippen molar-refractivity contribution < 1.29 is 9.50 Å². The van der Waals surface area contributed by atoms with Gasteiger partial charge in [-0.25, -0.2) is 4.39 Å². The first kappa shape index (κ1) is 14.5. The number of hydrogen-bond acceptors (Lipinski definition) is 1. The molecule has 0 aliphatic heterocycles. The van der Waals surface area contributed by atoms with Crippen molar-refractivity contribution in [3.05, 3.63) is 33.6 Å². The molecular formula is C17H25FO. The molecule has 1 fully saturated rings. The Kier molecular flexibility index (Phi) is 3.74. The topological polar surface area (TPSA) is 20.2 Å². The first-order chi connectivity index (χ1) is 8.78. The first-order valence-corrected chi connectivity index (χ1v) is 7.26. The molecule has 1 saturated carbocycles. The molecule has 0 amide bonds. The highest BCUT2D eigenvalue weighted by Gasteiger charge is 2.38. The molecule has 0 aromatic heterocycles. The molecule has 1 nitrogen and oxygen atoms in total. The second-order valence-corrected chi connectivity index (χ2v) is 6.40. The first-order valence-electron chi connectivity index (χ1n) is 7.26. The van der Waals surface area contributed by atoms with Gasteiger partial charge in [0.05, 0.1) is 5.60 Å². The molecule has 0 spiro atoms. The normalized spacial score (nSPS) is 27.6. The minimum Gasteiger partial charge on any atom is -0.385 e. The van der Waals surface area contributed by atoms with Crippen molar-refractivity contribution in [2.75, 3.05) is 0 Å². The summed E-state index contributed by atoms with van der Waals surface area (Å²) in [5.41, 5.74) is 3.32. The summed E-state index contributed by atoms with van der Waals surface area (Å²) >= 11 is 0. The van der Waals surface area contributed by atoms with Gasteiger partial charge in [0.1, 0.15) is 5.82 Å². The predicted molar refractivity (Wildman–Crippen MR) is 76.9 cm³/mol. The van der Waals surface area contributed by atoms with Crippen molar-refractivity contribution in [2.24, 2.45) is 5.92 Å². The second-order valence-electron chi connectivity index (χ2n) is 6.40. The van der Waals surface area contributed by atoms with Crippen LogP contribution in [0.4, 0.5) is 4.39 Å². The van der Waals surface area contributed by atoms with Crippen LogP contribution in [0.25, 0.3) is 0 Å². The van der Waals surface area contributed by atoms with Crippen LogP contribution < -0.4 is 0 Å². The molecule has 0 unspecified atom stereocenters. The molecule has 1 aliphatic rings. The average Bonchev–Trinajstić information content (AvgIpc) is 2.38. The Hall–Kier alpha value is -0.890. The highest BCUT2D eigenvalue weighted by molar-refractivity contribution is 5.47. The summed E-state index contributed by atoms with van der Waals surface area (Å²) in [6, 6.07) is 0. The number of halogens is 1. The lowest BCUT2D eigenvalue weighted by Crippen LogP contribution is -2.33. The summed E-state index contributed by atoms with van der Waals surface area (Å²) in [6.45, 7) is 9.94. The summed E-state index contributed by atoms with van der Waals surface area (Å²) in [4.78, 5) is 0. The van der Waals surface area contributed by atoms with Gasteiger partial charge in [-0.2, -0.15) is 0 Å². The zero-order chi connectivity index (χ0) is 14.4. The van der Waals surface area contributed by atoms with Gasteiger partial charge in [-0.05, 0) is 81.5 Å². The van der Waals surface area contributed by atoms with Gasteiger partial charge in [-0.3, -0.25) is 0 Å². The lowest BCUT2D eigenvalue weighted by atomic mass is 9.73. The number of aliphatic hydroxyl groups is 1. The van der Waals surface area contributed by atoms with Crippen LogP contribution in [-0.4, -0.2) is 5.11 Å². The van der Waals surface area contributed by atoms with Gasteiger partial charge < -0.3 is 5.11 Å². The van der Waals surface area contributed by atoms with Crippen LogP contribution in [-0.2, 0) is 5.60 Å².